The molecule has 3 aromatic carbocycles. The van der Waals surface area contributed by atoms with Gasteiger partial charge in [0.25, 0.3) is 5.91 Å². The van der Waals surface area contributed by atoms with Crippen molar-refractivity contribution in [3.05, 3.63) is 89.5 Å². The zero-order valence-electron chi connectivity index (χ0n) is 13.8. The summed E-state index contributed by atoms with van der Waals surface area (Å²) in [4.78, 5) is 12.3. The Labute approximate surface area is 146 Å². The molecule has 0 aliphatic heterocycles. The van der Waals surface area contributed by atoms with Crippen LogP contribution in [0.3, 0.4) is 0 Å². The molecule has 0 aliphatic rings. The quantitative estimate of drug-likeness (QED) is 0.719. The second kappa shape index (κ2) is 7.33. The molecule has 25 heavy (non-hydrogen) atoms. The van der Waals surface area contributed by atoms with Gasteiger partial charge in [-0.2, -0.15) is 5.26 Å². The van der Waals surface area contributed by atoms with E-state index in [1.54, 1.807) is 12.1 Å². The molecule has 0 unspecified atom stereocenters. The average Bonchev–Trinajstić information content (AvgIpc) is 2.64. The number of nitriles is 1. The third-order valence-corrected chi connectivity index (χ3v) is 3.86. The van der Waals surface area contributed by atoms with E-state index in [1.165, 1.54) is 0 Å². The lowest BCUT2D eigenvalue weighted by Crippen LogP contribution is -2.13. The second-order valence-electron chi connectivity index (χ2n) is 5.63. The summed E-state index contributed by atoms with van der Waals surface area (Å²) in [6, 6.07) is 24.3. The molecule has 4 nitrogen and oxygen atoms in total. The Balaban J connectivity index is 1.72. The van der Waals surface area contributed by atoms with Crippen LogP contribution in [-0.4, -0.2) is 5.91 Å². The highest BCUT2D eigenvalue weighted by Crippen LogP contribution is 2.22. The predicted octanol–water partition coefficient (Wildman–Crippen LogP) is 4.86. The molecule has 0 spiro atoms. The maximum absolute atomic E-state index is 12.3. The summed E-state index contributed by atoms with van der Waals surface area (Å²) >= 11 is 0. The zero-order valence-corrected chi connectivity index (χ0v) is 13.8. The lowest BCUT2D eigenvalue weighted by atomic mass is 10.1. The number of nitrogens with zero attached hydrogens (tertiary/aromatic N) is 1. The molecule has 3 rings (SSSR count). The molecule has 2 N–H and O–H groups in total. The van der Waals surface area contributed by atoms with E-state index < -0.39 is 0 Å². The average molecular weight is 327 g/mol. The summed E-state index contributed by atoms with van der Waals surface area (Å²) in [5, 5.41) is 15.2. The van der Waals surface area contributed by atoms with Crippen molar-refractivity contribution in [1.29, 1.82) is 5.26 Å². The van der Waals surface area contributed by atoms with Crippen LogP contribution in [0.4, 0.5) is 17.1 Å². The Kier molecular flexibility index (Phi) is 4.77. The summed E-state index contributed by atoms with van der Waals surface area (Å²) in [7, 11) is 0. The number of nitrogens with one attached hydrogen (secondary N) is 2. The second-order valence-corrected chi connectivity index (χ2v) is 5.63. The van der Waals surface area contributed by atoms with Crippen LogP contribution in [0, 0.1) is 18.3 Å². The Morgan fingerprint density at radius 1 is 0.880 bits per heavy atom. The van der Waals surface area contributed by atoms with Crippen LogP contribution in [0.2, 0.25) is 0 Å². The van der Waals surface area contributed by atoms with Crippen molar-refractivity contribution in [3.63, 3.8) is 0 Å². The predicted molar refractivity (Wildman–Crippen MR) is 100 cm³/mol. The Morgan fingerprint density at radius 2 is 1.52 bits per heavy atom. The number of amides is 1. The minimum absolute atomic E-state index is 0.131. The number of hydrogen-bond donors (Lipinski definition) is 2. The van der Waals surface area contributed by atoms with Crippen molar-refractivity contribution in [1.82, 2.24) is 0 Å². The van der Waals surface area contributed by atoms with Crippen LogP contribution in [0.15, 0.2) is 72.8 Å². The molecule has 0 atom stereocenters. The highest BCUT2D eigenvalue weighted by molar-refractivity contribution is 6.05. The molecule has 0 fully saturated rings. The first-order valence-electron chi connectivity index (χ1n) is 7.90. The maximum atomic E-state index is 12.3. The molecular weight excluding hydrogens is 310 g/mol. The lowest BCUT2D eigenvalue weighted by molar-refractivity contribution is 0.102. The van der Waals surface area contributed by atoms with E-state index in [0.717, 1.165) is 16.9 Å². The van der Waals surface area contributed by atoms with Gasteiger partial charge in [0.15, 0.2) is 0 Å². The first-order chi connectivity index (χ1) is 12.2. The molecule has 4 heteroatoms. The number of rotatable bonds is 4. The SMILES string of the molecule is Cc1ccccc1C(=O)Nc1ccc(Nc2ccccc2C#N)cc1. The fourth-order valence-corrected chi connectivity index (χ4v) is 2.51. The Morgan fingerprint density at radius 3 is 2.24 bits per heavy atom. The van der Waals surface area contributed by atoms with Crippen LogP contribution in [0.25, 0.3) is 0 Å². The van der Waals surface area contributed by atoms with Gasteiger partial charge in [0, 0.05) is 16.9 Å². The normalized spacial score (nSPS) is 9.92. The smallest absolute Gasteiger partial charge is 0.255 e. The van der Waals surface area contributed by atoms with Crippen molar-refractivity contribution in [3.8, 4) is 6.07 Å². The Hall–Kier alpha value is -3.58. The van der Waals surface area contributed by atoms with Gasteiger partial charge in [0.2, 0.25) is 0 Å². The van der Waals surface area contributed by atoms with Crippen molar-refractivity contribution in [2.45, 2.75) is 6.92 Å². The first kappa shape index (κ1) is 16.3. The molecule has 0 aliphatic carbocycles. The Bertz CT molecular complexity index is 940. The van der Waals surface area contributed by atoms with Crippen LogP contribution >= 0.6 is 0 Å². The van der Waals surface area contributed by atoms with Crippen LogP contribution in [0.1, 0.15) is 21.5 Å². The summed E-state index contributed by atoms with van der Waals surface area (Å²) in [6.45, 7) is 1.91. The van der Waals surface area contributed by atoms with E-state index in [1.807, 2.05) is 67.6 Å². The standard InChI is InChI=1S/C21H17N3O/c1-15-6-2-4-8-19(15)21(25)24-18-12-10-17(11-13-18)23-20-9-5-3-7-16(20)14-22/h2-13,23H,1H3,(H,24,25). The molecule has 0 bridgehead atoms. The van der Waals surface area contributed by atoms with Crippen molar-refractivity contribution >= 4 is 23.0 Å². The number of carbonyl (C=O) groups excluding carboxylic acids is 1. The fourth-order valence-electron chi connectivity index (χ4n) is 2.51. The molecule has 0 saturated heterocycles. The van der Waals surface area contributed by atoms with Gasteiger partial charge in [-0.25, -0.2) is 0 Å². The third kappa shape index (κ3) is 3.85. The monoisotopic (exact) mass is 327 g/mol. The number of hydrogen-bond acceptors (Lipinski definition) is 3. The lowest BCUT2D eigenvalue weighted by Gasteiger charge is -2.10. The highest BCUT2D eigenvalue weighted by Gasteiger charge is 2.08. The number of carbonyl (C=O) groups is 1. The molecule has 1 amide bonds. The van der Waals surface area contributed by atoms with Gasteiger partial charge in [-0.3, -0.25) is 4.79 Å². The molecule has 0 radical (unpaired) electrons. The third-order valence-electron chi connectivity index (χ3n) is 3.86. The summed E-state index contributed by atoms with van der Waals surface area (Å²) in [6.07, 6.45) is 0. The van der Waals surface area contributed by atoms with E-state index in [-0.39, 0.29) is 5.91 Å². The molecule has 0 aromatic heterocycles. The molecule has 0 heterocycles. The van der Waals surface area contributed by atoms with E-state index >= 15 is 0 Å². The van der Waals surface area contributed by atoms with Gasteiger partial charge in [0.1, 0.15) is 6.07 Å². The minimum atomic E-state index is -0.131. The topological polar surface area (TPSA) is 64.9 Å². The number of para-hydroxylation sites is 1. The molecule has 0 saturated carbocycles. The van der Waals surface area contributed by atoms with Gasteiger partial charge >= 0.3 is 0 Å². The molecule has 3 aromatic rings. The van der Waals surface area contributed by atoms with Crippen molar-refractivity contribution < 1.29 is 4.79 Å². The largest absolute Gasteiger partial charge is 0.354 e. The first-order valence-corrected chi connectivity index (χ1v) is 7.90. The molecule has 122 valence electrons. The van der Waals surface area contributed by atoms with Crippen LogP contribution in [0.5, 0.6) is 0 Å². The summed E-state index contributed by atoms with van der Waals surface area (Å²) in [5.41, 5.74) is 4.49. The number of aryl methyl sites for hydroxylation is 1. The van der Waals surface area contributed by atoms with E-state index in [2.05, 4.69) is 16.7 Å². The number of anilines is 3. The van der Waals surface area contributed by atoms with Gasteiger partial charge in [0.05, 0.1) is 11.3 Å². The van der Waals surface area contributed by atoms with E-state index in [9.17, 15) is 4.79 Å². The summed E-state index contributed by atoms with van der Waals surface area (Å²) < 4.78 is 0. The molecular formula is C21H17N3O. The van der Waals surface area contributed by atoms with Gasteiger partial charge < -0.3 is 10.6 Å². The van der Waals surface area contributed by atoms with Crippen molar-refractivity contribution in [2.24, 2.45) is 0 Å². The zero-order chi connectivity index (χ0) is 17.6. The summed E-state index contributed by atoms with van der Waals surface area (Å²) in [5.74, 6) is -0.131. The maximum Gasteiger partial charge on any atom is 0.255 e. The van der Waals surface area contributed by atoms with Crippen LogP contribution in [-0.2, 0) is 0 Å². The van der Waals surface area contributed by atoms with Crippen LogP contribution < -0.4 is 10.6 Å². The van der Waals surface area contributed by atoms with E-state index in [0.29, 0.717) is 16.8 Å². The number of benzene rings is 3. The van der Waals surface area contributed by atoms with E-state index in [4.69, 9.17) is 5.26 Å². The van der Waals surface area contributed by atoms with Gasteiger partial charge in [-0.15, -0.1) is 0 Å². The minimum Gasteiger partial charge on any atom is -0.354 e. The van der Waals surface area contributed by atoms with Gasteiger partial charge in [-0.05, 0) is 55.0 Å². The highest BCUT2D eigenvalue weighted by atomic mass is 16.1. The van der Waals surface area contributed by atoms with Gasteiger partial charge in [-0.1, -0.05) is 30.3 Å². The van der Waals surface area contributed by atoms with Crippen molar-refractivity contribution in [2.75, 3.05) is 10.6 Å². The fraction of sp³-hybridized carbons (Fsp3) is 0.0476.